The minimum atomic E-state index is -0.388. The van der Waals surface area contributed by atoms with E-state index in [1.165, 1.54) is 12.8 Å². The molecule has 0 aliphatic heterocycles. The third-order valence-electron chi connectivity index (χ3n) is 3.12. The molecule has 1 fully saturated rings. The smallest absolute Gasteiger partial charge is 0.0992 e. The molecule has 1 saturated carbocycles. The highest BCUT2D eigenvalue weighted by Crippen LogP contribution is 2.18. The molecule has 0 heterocycles. The molecular weight excluding hydrogens is 226 g/mol. The van der Waals surface area contributed by atoms with Crippen LogP contribution in [0.15, 0.2) is 24.3 Å². The van der Waals surface area contributed by atoms with E-state index >= 15 is 0 Å². The van der Waals surface area contributed by atoms with Crippen molar-refractivity contribution in [2.24, 2.45) is 0 Å². The van der Waals surface area contributed by atoms with Crippen molar-refractivity contribution in [1.29, 1.82) is 5.26 Å². The highest BCUT2D eigenvalue weighted by Gasteiger charge is 2.21. The average molecular weight is 245 g/mol. The summed E-state index contributed by atoms with van der Waals surface area (Å²) in [6.07, 6.45) is 2.07. The van der Waals surface area contributed by atoms with Gasteiger partial charge in [0.25, 0.3) is 0 Å². The molecular formula is C14H19N3O. The van der Waals surface area contributed by atoms with Crippen molar-refractivity contribution >= 4 is 5.69 Å². The van der Waals surface area contributed by atoms with Gasteiger partial charge in [-0.1, -0.05) is 6.07 Å². The molecule has 0 aromatic heterocycles. The number of nitriles is 1. The summed E-state index contributed by atoms with van der Waals surface area (Å²) in [4.78, 5) is 1.97. The average Bonchev–Trinajstić information content (AvgIpc) is 3.20. The van der Waals surface area contributed by atoms with Gasteiger partial charge in [-0.05, 0) is 31.0 Å². The van der Waals surface area contributed by atoms with Crippen LogP contribution in [-0.4, -0.2) is 37.4 Å². The summed E-state index contributed by atoms with van der Waals surface area (Å²) >= 11 is 0. The number of aliphatic hydroxyl groups is 1. The van der Waals surface area contributed by atoms with Gasteiger partial charge in [0.05, 0.1) is 17.7 Å². The molecule has 0 spiro atoms. The second-order valence-corrected chi connectivity index (χ2v) is 4.88. The van der Waals surface area contributed by atoms with Gasteiger partial charge in [0.2, 0.25) is 0 Å². The maximum atomic E-state index is 9.91. The van der Waals surface area contributed by atoms with Gasteiger partial charge in [0.1, 0.15) is 0 Å². The number of rotatable bonds is 6. The van der Waals surface area contributed by atoms with Gasteiger partial charge in [0, 0.05) is 31.9 Å². The zero-order valence-corrected chi connectivity index (χ0v) is 10.6. The van der Waals surface area contributed by atoms with Crippen molar-refractivity contribution in [2.75, 3.05) is 25.0 Å². The molecule has 2 rings (SSSR count). The largest absolute Gasteiger partial charge is 0.390 e. The Morgan fingerprint density at radius 3 is 3.00 bits per heavy atom. The van der Waals surface area contributed by atoms with Crippen molar-refractivity contribution < 1.29 is 5.11 Å². The zero-order valence-electron chi connectivity index (χ0n) is 10.6. The van der Waals surface area contributed by atoms with Gasteiger partial charge in [0.15, 0.2) is 0 Å². The molecule has 0 bridgehead atoms. The van der Waals surface area contributed by atoms with Crippen LogP contribution in [0.1, 0.15) is 18.4 Å². The summed E-state index contributed by atoms with van der Waals surface area (Å²) in [5, 5.41) is 22.1. The standard InChI is InChI=1S/C14H19N3O/c1-17(10-14(18)9-16-12-5-6-12)13-4-2-3-11(7-13)8-15/h2-4,7,12,14,16,18H,5-6,9-10H2,1H3. The Morgan fingerprint density at radius 2 is 2.33 bits per heavy atom. The lowest BCUT2D eigenvalue weighted by atomic mass is 10.2. The Hall–Kier alpha value is -1.57. The Kier molecular flexibility index (Phi) is 4.19. The minimum Gasteiger partial charge on any atom is -0.390 e. The molecule has 2 N–H and O–H groups in total. The lowest BCUT2D eigenvalue weighted by molar-refractivity contribution is 0.177. The molecule has 4 nitrogen and oxygen atoms in total. The lowest BCUT2D eigenvalue weighted by Crippen LogP contribution is -2.37. The number of nitrogens with one attached hydrogen (secondary N) is 1. The summed E-state index contributed by atoms with van der Waals surface area (Å²) in [5.74, 6) is 0. The topological polar surface area (TPSA) is 59.3 Å². The Morgan fingerprint density at radius 1 is 1.56 bits per heavy atom. The third kappa shape index (κ3) is 3.73. The molecule has 96 valence electrons. The van der Waals surface area contributed by atoms with Crippen molar-refractivity contribution in [3.05, 3.63) is 29.8 Å². The molecule has 1 atom stereocenters. The van der Waals surface area contributed by atoms with Crippen molar-refractivity contribution in [3.63, 3.8) is 0 Å². The van der Waals surface area contributed by atoms with Crippen molar-refractivity contribution in [1.82, 2.24) is 5.32 Å². The first-order valence-electron chi connectivity index (χ1n) is 6.32. The fraction of sp³-hybridized carbons (Fsp3) is 0.500. The molecule has 1 aromatic rings. The molecule has 1 aliphatic carbocycles. The predicted octanol–water partition coefficient (Wildman–Crippen LogP) is 1.11. The number of nitrogens with zero attached hydrogens (tertiary/aromatic N) is 2. The van der Waals surface area contributed by atoms with Crippen LogP contribution in [0.2, 0.25) is 0 Å². The van der Waals surface area contributed by atoms with E-state index in [2.05, 4.69) is 11.4 Å². The summed E-state index contributed by atoms with van der Waals surface area (Å²) in [5.41, 5.74) is 1.60. The Balaban J connectivity index is 1.85. The minimum absolute atomic E-state index is 0.388. The molecule has 0 saturated heterocycles. The second kappa shape index (κ2) is 5.85. The predicted molar refractivity (Wildman–Crippen MR) is 71.5 cm³/mol. The lowest BCUT2D eigenvalue weighted by Gasteiger charge is -2.23. The van der Waals surface area contributed by atoms with Gasteiger partial charge >= 0.3 is 0 Å². The van der Waals surface area contributed by atoms with Gasteiger partial charge in [-0.15, -0.1) is 0 Å². The molecule has 0 amide bonds. The van der Waals surface area contributed by atoms with Gasteiger partial charge in [-0.2, -0.15) is 5.26 Å². The van der Waals surface area contributed by atoms with Crippen LogP contribution in [0.3, 0.4) is 0 Å². The number of likely N-dealkylation sites (N-methyl/N-ethyl adjacent to an activating group) is 1. The van der Waals surface area contributed by atoms with Crippen LogP contribution in [0.4, 0.5) is 5.69 Å². The summed E-state index contributed by atoms with van der Waals surface area (Å²) < 4.78 is 0. The fourth-order valence-corrected chi connectivity index (χ4v) is 1.89. The van der Waals surface area contributed by atoms with Crippen LogP contribution in [0.5, 0.6) is 0 Å². The molecule has 0 radical (unpaired) electrons. The molecule has 1 unspecified atom stereocenters. The maximum Gasteiger partial charge on any atom is 0.0992 e. The highest BCUT2D eigenvalue weighted by atomic mass is 16.3. The van der Waals surface area contributed by atoms with Gasteiger partial charge in [-0.3, -0.25) is 0 Å². The summed E-state index contributed by atoms with van der Waals surface area (Å²) in [6.45, 7) is 1.20. The summed E-state index contributed by atoms with van der Waals surface area (Å²) in [6, 6.07) is 10.2. The normalized spacial score (nSPS) is 16.1. The fourth-order valence-electron chi connectivity index (χ4n) is 1.89. The first kappa shape index (κ1) is 12.9. The first-order chi connectivity index (χ1) is 8.69. The Labute approximate surface area is 108 Å². The number of anilines is 1. The maximum absolute atomic E-state index is 9.91. The van der Waals surface area contributed by atoms with Crippen molar-refractivity contribution in [2.45, 2.75) is 25.0 Å². The van der Waals surface area contributed by atoms with Crippen LogP contribution < -0.4 is 10.2 Å². The molecule has 1 aromatic carbocycles. The number of aliphatic hydroxyl groups excluding tert-OH is 1. The SMILES string of the molecule is CN(CC(O)CNC1CC1)c1cccc(C#N)c1. The number of benzene rings is 1. The number of hydrogen-bond donors (Lipinski definition) is 2. The third-order valence-corrected chi connectivity index (χ3v) is 3.12. The molecule has 1 aliphatic rings. The van der Waals surface area contributed by atoms with Crippen molar-refractivity contribution in [3.8, 4) is 6.07 Å². The van der Waals surface area contributed by atoms with E-state index in [0.717, 1.165) is 5.69 Å². The van der Waals surface area contributed by atoms with E-state index in [1.807, 2.05) is 30.1 Å². The highest BCUT2D eigenvalue weighted by molar-refractivity contribution is 5.50. The van der Waals surface area contributed by atoms with Crippen LogP contribution in [0, 0.1) is 11.3 Å². The van der Waals surface area contributed by atoms with E-state index in [-0.39, 0.29) is 6.10 Å². The monoisotopic (exact) mass is 245 g/mol. The van der Waals surface area contributed by atoms with Crippen LogP contribution >= 0.6 is 0 Å². The van der Waals surface area contributed by atoms with Crippen LogP contribution in [0.25, 0.3) is 0 Å². The van der Waals surface area contributed by atoms with E-state index in [1.54, 1.807) is 6.07 Å². The van der Waals surface area contributed by atoms with E-state index in [9.17, 15) is 5.11 Å². The van der Waals surface area contributed by atoms with Gasteiger partial charge < -0.3 is 15.3 Å². The molecule has 18 heavy (non-hydrogen) atoms. The van der Waals surface area contributed by atoms with Crippen LogP contribution in [-0.2, 0) is 0 Å². The second-order valence-electron chi connectivity index (χ2n) is 4.88. The van der Waals surface area contributed by atoms with Gasteiger partial charge in [-0.25, -0.2) is 0 Å². The summed E-state index contributed by atoms with van der Waals surface area (Å²) in [7, 11) is 1.93. The Bertz CT molecular complexity index is 437. The quantitative estimate of drug-likeness (QED) is 0.788. The first-order valence-corrected chi connectivity index (χ1v) is 6.32. The number of hydrogen-bond acceptors (Lipinski definition) is 4. The van der Waals surface area contributed by atoms with E-state index < -0.39 is 0 Å². The van der Waals surface area contributed by atoms with E-state index in [0.29, 0.717) is 24.7 Å². The van der Waals surface area contributed by atoms with E-state index in [4.69, 9.17) is 5.26 Å². The molecule has 4 heteroatoms. The zero-order chi connectivity index (χ0) is 13.0.